The molecule has 1 fully saturated rings. The molecule has 0 aromatic carbocycles. The van der Waals surface area contributed by atoms with Crippen molar-refractivity contribution in [2.45, 2.75) is 19.9 Å². The summed E-state index contributed by atoms with van der Waals surface area (Å²) in [6.45, 7) is 6.75. The molecule has 15 heavy (non-hydrogen) atoms. The van der Waals surface area contributed by atoms with Gasteiger partial charge < -0.3 is 5.32 Å². The third-order valence-electron chi connectivity index (χ3n) is 3.11. The number of nitrogens with one attached hydrogen (secondary N) is 2. The molecule has 2 N–H and O–H groups in total. The van der Waals surface area contributed by atoms with Crippen LogP contribution in [0, 0.1) is 5.41 Å². The van der Waals surface area contributed by atoms with Crippen LogP contribution in [-0.4, -0.2) is 41.8 Å². The van der Waals surface area contributed by atoms with E-state index in [1.54, 1.807) is 0 Å². The Morgan fingerprint density at radius 1 is 1.60 bits per heavy atom. The quantitative estimate of drug-likeness (QED) is 0.770. The van der Waals surface area contributed by atoms with E-state index in [2.05, 4.69) is 34.4 Å². The summed E-state index contributed by atoms with van der Waals surface area (Å²) in [7, 11) is 2.17. The molecule has 4 nitrogen and oxygen atoms in total. The summed E-state index contributed by atoms with van der Waals surface area (Å²) in [6, 6.07) is 2.03. The minimum absolute atomic E-state index is 0.439. The van der Waals surface area contributed by atoms with Gasteiger partial charge in [0.25, 0.3) is 0 Å². The first-order valence-corrected chi connectivity index (χ1v) is 5.55. The Hall–Kier alpha value is -0.870. The van der Waals surface area contributed by atoms with Gasteiger partial charge in [-0.2, -0.15) is 5.10 Å². The Morgan fingerprint density at radius 3 is 3.07 bits per heavy atom. The van der Waals surface area contributed by atoms with Crippen LogP contribution in [0.4, 0.5) is 0 Å². The van der Waals surface area contributed by atoms with Gasteiger partial charge in [-0.3, -0.25) is 10.00 Å². The zero-order valence-corrected chi connectivity index (χ0v) is 9.58. The normalized spacial score (nSPS) is 26.3. The molecule has 1 aliphatic heterocycles. The highest BCUT2D eigenvalue weighted by Gasteiger charge is 2.29. The van der Waals surface area contributed by atoms with Gasteiger partial charge in [-0.05, 0) is 31.5 Å². The van der Waals surface area contributed by atoms with Gasteiger partial charge in [0.15, 0.2) is 0 Å². The molecule has 2 heterocycles. The summed E-state index contributed by atoms with van der Waals surface area (Å²) >= 11 is 0. The largest absolute Gasteiger partial charge is 0.316 e. The van der Waals surface area contributed by atoms with Crippen molar-refractivity contribution < 1.29 is 0 Å². The highest BCUT2D eigenvalue weighted by Crippen LogP contribution is 2.25. The zero-order chi connectivity index (χ0) is 10.7. The standard InChI is InChI=1S/C11H20N4/c1-11(4-6-12-8-11)9-15(2)7-10-3-5-13-14-10/h3,5,12H,4,6-9H2,1-2H3,(H,13,14). The molecule has 1 unspecified atom stereocenters. The fourth-order valence-electron chi connectivity index (χ4n) is 2.37. The number of aromatic amines is 1. The Morgan fingerprint density at radius 2 is 2.47 bits per heavy atom. The monoisotopic (exact) mass is 208 g/mol. The topological polar surface area (TPSA) is 44.0 Å². The number of hydrogen-bond donors (Lipinski definition) is 2. The predicted octanol–water partition coefficient (Wildman–Crippen LogP) is 0.841. The lowest BCUT2D eigenvalue weighted by Gasteiger charge is -2.28. The first-order chi connectivity index (χ1) is 7.18. The van der Waals surface area contributed by atoms with Gasteiger partial charge in [0.1, 0.15) is 0 Å². The number of rotatable bonds is 4. The summed E-state index contributed by atoms with van der Waals surface area (Å²) in [6.07, 6.45) is 3.09. The molecule has 84 valence electrons. The summed E-state index contributed by atoms with van der Waals surface area (Å²) < 4.78 is 0. The molecular formula is C11H20N4. The van der Waals surface area contributed by atoms with Gasteiger partial charge in [0.05, 0.1) is 0 Å². The van der Waals surface area contributed by atoms with E-state index in [-0.39, 0.29) is 0 Å². The fourth-order valence-corrected chi connectivity index (χ4v) is 2.37. The number of H-pyrrole nitrogens is 1. The molecule has 1 aromatic rings. The maximum absolute atomic E-state index is 3.96. The summed E-state index contributed by atoms with van der Waals surface area (Å²) in [5, 5.41) is 10.4. The molecule has 4 heteroatoms. The molecule has 0 amide bonds. The second-order valence-corrected chi connectivity index (χ2v) is 4.99. The van der Waals surface area contributed by atoms with Crippen LogP contribution in [0.2, 0.25) is 0 Å². The maximum Gasteiger partial charge on any atom is 0.0492 e. The van der Waals surface area contributed by atoms with Crippen LogP contribution >= 0.6 is 0 Å². The molecule has 0 spiro atoms. The van der Waals surface area contributed by atoms with E-state index in [0.29, 0.717) is 5.41 Å². The van der Waals surface area contributed by atoms with E-state index in [1.165, 1.54) is 12.1 Å². The van der Waals surface area contributed by atoms with Crippen molar-refractivity contribution in [1.29, 1.82) is 0 Å². The zero-order valence-electron chi connectivity index (χ0n) is 9.58. The molecule has 1 aliphatic rings. The molecule has 1 atom stereocenters. The van der Waals surface area contributed by atoms with Crippen LogP contribution < -0.4 is 5.32 Å². The summed E-state index contributed by atoms with van der Waals surface area (Å²) in [5.74, 6) is 0. The Labute approximate surface area is 91.1 Å². The third-order valence-corrected chi connectivity index (χ3v) is 3.11. The van der Waals surface area contributed by atoms with Gasteiger partial charge >= 0.3 is 0 Å². The first-order valence-electron chi connectivity index (χ1n) is 5.55. The van der Waals surface area contributed by atoms with Crippen LogP contribution in [0.3, 0.4) is 0 Å². The lowest BCUT2D eigenvalue weighted by molar-refractivity contribution is 0.202. The van der Waals surface area contributed by atoms with Crippen molar-refractivity contribution in [2.75, 3.05) is 26.7 Å². The fraction of sp³-hybridized carbons (Fsp3) is 0.727. The number of hydrogen-bond acceptors (Lipinski definition) is 3. The van der Waals surface area contributed by atoms with Crippen LogP contribution in [0.15, 0.2) is 12.3 Å². The molecule has 1 saturated heterocycles. The highest BCUT2D eigenvalue weighted by molar-refractivity contribution is 4.97. The highest BCUT2D eigenvalue weighted by atomic mass is 15.2. The van der Waals surface area contributed by atoms with Crippen LogP contribution in [-0.2, 0) is 6.54 Å². The SMILES string of the molecule is CN(Cc1ccn[nH]1)CC1(C)CCNC1. The van der Waals surface area contributed by atoms with Gasteiger partial charge in [0, 0.05) is 31.5 Å². The van der Waals surface area contributed by atoms with Crippen molar-refractivity contribution in [3.63, 3.8) is 0 Å². The maximum atomic E-state index is 3.96. The second-order valence-electron chi connectivity index (χ2n) is 4.99. The van der Waals surface area contributed by atoms with Crippen molar-refractivity contribution in [2.24, 2.45) is 5.41 Å². The molecule has 2 rings (SSSR count). The molecule has 0 bridgehead atoms. The van der Waals surface area contributed by atoms with E-state index in [0.717, 1.165) is 26.2 Å². The number of nitrogens with zero attached hydrogens (tertiary/aromatic N) is 2. The van der Waals surface area contributed by atoms with Crippen molar-refractivity contribution in [1.82, 2.24) is 20.4 Å². The van der Waals surface area contributed by atoms with Gasteiger partial charge in [-0.15, -0.1) is 0 Å². The van der Waals surface area contributed by atoms with Crippen LogP contribution in [0.1, 0.15) is 19.0 Å². The summed E-state index contributed by atoms with van der Waals surface area (Å²) in [4.78, 5) is 2.36. The molecular weight excluding hydrogens is 188 g/mol. The van der Waals surface area contributed by atoms with E-state index >= 15 is 0 Å². The van der Waals surface area contributed by atoms with Crippen molar-refractivity contribution in [3.8, 4) is 0 Å². The van der Waals surface area contributed by atoms with Gasteiger partial charge in [-0.1, -0.05) is 6.92 Å². The smallest absolute Gasteiger partial charge is 0.0492 e. The van der Waals surface area contributed by atoms with Crippen molar-refractivity contribution in [3.05, 3.63) is 18.0 Å². The van der Waals surface area contributed by atoms with Gasteiger partial charge in [-0.25, -0.2) is 0 Å². The van der Waals surface area contributed by atoms with E-state index in [4.69, 9.17) is 0 Å². The van der Waals surface area contributed by atoms with Gasteiger partial charge in [0.2, 0.25) is 0 Å². The molecule has 0 saturated carbocycles. The molecule has 0 radical (unpaired) electrons. The van der Waals surface area contributed by atoms with Crippen molar-refractivity contribution >= 4 is 0 Å². The molecule has 0 aliphatic carbocycles. The minimum Gasteiger partial charge on any atom is -0.316 e. The van der Waals surface area contributed by atoms with E-state index in [1.807, 2.05) is 12.3 Å². The molecule has 1 aromatic heterocycles. The average Bonchev–Trinajstić information content (AvgIpc) is 2.76. The average molecular weight is 208 g/mol. The Balaban J connectivity index is 1.84. The Kier molecular flexibility index (Phi) is 3.07. The first kappa shape index (κ1) is 10.6. The van der Waals surface area contributed by atoms with E-state index < -0.39 is 0 Å². The summed E-state index contributed by atoms with van der Waals surface area (Å²) in [5.41, 5.74) is 1.63. The van der Waals surface area contributed by atoms with Crippen LogP contribution in [0.25, 0.3) is 0 Å². The van der Waals surface area contributed by atoms with Crippen LogP contribution in [0.5, 0.6) is 0 Å². The minimum atomic E-state index is 0.439. The lowest BCUT2D eigenvalue weighted by Crippen LogP contribution is -2.34. The number of aromatic nitrogens is 2. The third kappa shape index (κ3) is 2.79. The lowest BCUT2D eigenvalue weighted by atomic mass is 9.89. The van der Waals surface area contributed by atoms with E-state index in [9.17, 15) is 0 Å². The Bertz CT molecular complexity index is 288. The second kappa shape index (κ2) is 4.33. The predicted molar refractivity (Wildman–Crippen MR) is 60.5 cm³/mol.